The first-order chi connectivity index (χ1) is 15.8. The van der Waals surface area contributed by atoms with E-state index in [4.69, 9.17) is 0 Å². The van der Waals surface area contributed by atoms with Crippen LogP contribution < -0.4 is 5.32 Å². The van der Waals surface area contributed by atoms with Crippen LogP contribution in [0.1, 0.15) is 72.3 Å². The van der Waals surface area contributed by atoms with Gasteiger partial charge in [-0.15, -0.1) is 0 Å². The molecule has 0 fully saturated rings. The number of nitrogens with one attached hydrogen (secondary N) is 2. The fourth-order valence-electron chi connectivity index (χ4n) is 4.93. The second-order valence-corrected chi connectivity index (χ2v) is 10.0. The molecule has 1 aliphatic carbocycles. The van der Waals surface area contributed by atoms with Gasteiger partial charge in [-0.05, 0) is 72.1 Å². The lowest BCUT2D eigenvalue weighted by Gasteiger charge is -2.29. The first-order valence-corrected chi connectivity index (χ1v) is 11.6. The summed E-state index contributed by atoms with van der Waals surface area (Å²) in [5.74, 6) is -0.0140. The molecule has 5 rings (SSSR count). The van der Waals surface area contributed by atoms with Crippen LogP contribution in [0, 0.1) is 6.92 Å². The summed E-state index contributed by atoms with van der Waals surface area (Å²) in [7, 11) is 0. The zero-order chi connectivity index (χ0) is 23.2. The first kappa shape index (κ1) is 21.4. The lowest BCUT2D eigenvalue weighted by atomic mass is 9.82. The molecule has 1 aliphatic rings. The van der Waals surface area contributed by atoms with Crippen molar-refractivity contribution < 1.29 is 4.79 Å². The largest absolute Gasteiger partial charge is 0.346 e. The summed E-state index contributed by atoms with van der Waals surface area (Å²) in [5, 5.41) is 4.32. The minimum absolute atomic E-state index is 0.0140. The molecule has 0 aliphatic heterocycles. The molecule has 1 amide bonds. The van der Waals surface area contributed by atoms with Crippen molar-refractivity contribution >= 4 is 16.9 Å². The van der Waals surface area contributed by atoms with Crippen LogP contribution in [0.25, 0.3) is 22.3 Å². The SMILES string of the molecule is Cc1c(-c2ncnc3[nH]ccc23)ccc2c1CCCC2NC(=O)c1ccc(C(C)(C)C)cc1. The molecule has 0 saturated heterocycles. The van der Waals surface area contributed by atoms with Gasteiger partial charge in [0, 0.05) is 22.7 Å². The summed E-state index contributed by atoms with van der Waals surface area (Å²) in [5.41, 5.74) is 8.73. The molecule has 33 heavy (non-hydrogen) atoms. The van der Waals surface area contributed by atoms with Crippen LogP contribution in [-0.2, 0) is 11.8 Å². The second-order valence-electron chi connectivity index (χ2n) is 10.0. The standard InChI is InChI=1S/C28H30N4O/c1-17-20-6-5-7-24(32-27(33)18-8-10-19(11-9-18)28(2,3)4)22(20)13-12-21(17)25-23-14-15-29-26(23)31-16-30-25/h8-16,24H,5-7H2,1-4H3,(H,32,33)(H,29,30,31). The molecule has 2 aromatic heterocycles. The maximum atomic E-state index is 13.0. The smallest absolute Gasteiger partial charge is 0.251 e. The minimum atomic E-state index is -0.0140. The Balaban J connectivity index is 1.43. The summed E-state index contributed by atoms with van der Waals surface area (Å²) in [6.45, 7) is 8.71. The van der Waals surface area contributed by atoms with Crippen molar-refractivity contribution in [1.82, 2.24) is 20.3 Å². The average Bonchev–Trinajstić information content (AvgIpc) is 3.29. The van der Waals surface area contributed by atoms with Crippen molar-refractivity contribution in [2.45, 2.75) is 58.4 Å². The van der Waals surface area contributed by atoms with Gasteiger partial charge in [-0.25, -0.2) is 9.97 Å². The van der Waals surface area contributed by atoms with Crippen molar-refractivity contribution in [3.05, 3.63) is 82.8 Å². The van der Waals surface area contributed by atoms with Gasteiger partial charge in [0.2, 0.25) is 0 Å². The van der Waals surface area contributed by atoms with Crippen LogP contribution in [0.5, 0.6) is 0 Å². The van der Waals surface area contributed by atoms with Gasteiger partial charge in [0.1, 0.15) is 12.0 Å². The number of aromatic amines is 1. The Kier molecular flexibility index (Phi) is 5.28. The number of nitrogens with zero attached hydrogens (tertiary/aromatic N) is 2. The van der Waals surface area contributed by atoms with E-state index in [0.717, 1.165) is 41.6 Å². The van der Waals surface area contributed by atoms with Crippen LogP contribution in [-0.4, -0.2) is 20.9 Å². The number of carbonyl (C=O) groups excluding carboxylic acids is 1. The molecule has 4 aromatic rings. The van der Waals surface area contributed by atoms with Gasteiger partial charge in [0.05, 0.1) is 11.7 Å². The Labute approximate surface area is 194 Å². The van der Waals surface area contributed by atoms with Gasteiger partial charge in [-0.2, -0.15) is 0 Å². The molecule has 1 atom stereocenters. The molecule has 0 spiro atoms. The molecular weight excluding hydrogens is 408 g/mol. The Morgan fingerprint density at radius 2 is 1.85 bits per heavy atom. The van der Waals surface area contributed by atoms with Crippen LogP contribution in [0.2, 0.25) is 0 Å². The Morgan fingerprint density at radius 1 is 1.06 bits per heavy atom. The second kappa shape index (κ2) is 8.14. The molecule has 2 heterocycles. The van der Waals surface area contributed by atoms with Crippen molar-refractivity contribution in [3.63, 3.8) is 0 Å². The van der Waals surface area contributed by atoms with E-state index >= 15 is 0 Å². The normalized spacial score (nSPS) is 15.9. The molecule has 0 saturated carbocycles. The number of amides is 1. The summed E-state index contributed by atoms with van der Waals surface area (Å²) in [4.78, 5) is 25.1. The number of aromatic nitrogens is 3. The lowest BCUT2D eigenvalue weighted by Crippen LogP contribution is -2.31. The summed E-state index contributed by atoms with van der Waals surface area (Å²) >= 11 is 0. The van der Waals surface area contributed by atoms with Crippen LogP contribution in [0.3, 0.4) is 0 Å². The van der Waals surface area contributed by atoms with E-state index in [9.17, 15) is 4.79 Å². The van der Waals surface area contributed by atoms with E-state index in [-0.39, 0.29) is 17.4 Å². The number of carbonyl (C=O) groups is 1. The third-order valence-corrected chi connectivity index (χ3v) is 6.86. The van der Waals surface area contributed by atoms with E-state index in [1.807, 2.05) is 24.4 Å². The summed E-state index contributed by atoms with van der Waals surface area (Å²) < 4.78 is 0. The van der Waals surface area contributed by atoms with E-state index in [2.05, 4.69) is 72.2 Å². The summed E-state index contributed by atoms with van der Waals surface area (Å²) in [6.07, 6.45) is 6.53. The number of H-pyrrole nitrogens is 1. The quantitative estimate of drug-likeness (QED) is 0.410. The van der Waals surface area contributed by atoms with Crippen molar-refractivity contribution in [3.8, 4) is 11.3 Å². The predicted molar refractivity (Wildman–Crippen MR) is 132 cm³/mol. The molecule has 1 unspecified atom stereocenters. The zero-order valence-electron chi connectivity index (χ0n) is 19.7. The van der Waals surface area contributed by atoms with E-state index in [1.54, 1.807) is 6.33 Å². The van der Waals surface area contributed by atoms with Gasteiger partial charge in [0.15, 0.2) is 0 Å². The monoisotopic (exact) mass is 438 g/mol. The molecule has 2 aromatic carbocycles. The topological polar surface area (TPSA) is 70.7 Å². The number of hydrogen-bond donors (Lipinski definition) is 2. The number of benzene rings is 2. The van der Waals surface area contributed by atoms with E-state index < -0.39 is 0 Å². The molecule has 0 bridgehead atoms. The van der Waals surface area contributed by atoms with E-state index in [1.165, 1.54) is 22.3 Å². The molecule has 168 valence electrons. The first-order valence-electron chi connectivity index (χ1n) is 11.6. The number of rotatable bonds is 3. The number of hydrogen-bond acceptors (Lipinski definition) is 3. The highest BCUT2D eigenvalue weighted by Crippen LogP contribution is 2.37. The highest BCUT2D eigenvalue weighted by atomic mass is 16.1. The summed E-state index contributed by atoms with van der Waals surface area (Å²) in [6, 6.07) is 14.4. The molecule has 5 nitrogen and oxygen atoms in total. The highest BCUT2D eigenvalue weighted by molar-refractivity contribution is 5.95. The van der Waals surface area contributed by atoms with Gasteiger partial charge in [-0.3, -0.25) is 4.79 Å². The zero-order valence-corrected chi connectivity index (χ0v) is 19.7. The third-order valence-electron chi connectivity index (χ3n) is 6.86. The van der Waals surface area contributed by atoms with Crippen molar-refractivity contribution in [2.75, 3.05) is 0 Å². The lowest BCUT2D eigenvalue weighted by molar-refractivity contribution is 0.0932. The minimum Gasteiger partial charge on any atom is -0.346 e. The van der Waals surface area contributed by atoms with Gasteiger partial charge < -0.3 is 10.3 Å². The highest BCUT2D eigenvalue weighted by Gasteiger charge is 2.25. The molecule has 5 heteroatoms. The fourth-order valence-corrected chi connectivity index (χ4v) is 4.93. The van der Waals surface area contributed by atoms with Crippen LogP contribution >= 0.6 is 0 Å². The van der Waals surface area contributed by atoms with Gasteiger partial charge in [0.25, 0.3) is 5.91 Å². The maximum Gasteiger partial charge on any atom is 0.251 e. The van der Waals surface area contributed by atoms with Gasteiger partial charge >= 0.3 is 0 Å². The fraction of sp³-hybridized carbons (Fsp3) is 0.321. The molecule has 2 N–H and O–H groups in total. The average molecular weight is 439 g/mol. The van der Waals surface area contributed by atoms with Crippen molar-refractivity contribution in [2.24, 2.45) is 0 Å². The number of fused-ring (bicyclic) bond motifs is 2. The van der Waals surface area contributed by atoms with Crippen LogP contribution in [0.4, 0.5) is 0 Å². The van der Waals surface area contributed by atoms with Gasteiger partial charge in [-0.1, -0.05) is 45.0 Å². The molecular formula is C28H30N4O. The Bertz CT molecular complexity index is 1330. The van der Waals surface area contributed by atoms with Crippen molar-refractivity contribution in [1.29, 1.82) is 0 Å². The Hall–Kier alpha value is -3.47. The Morgan fingerprint density at radius 3 is 2.61 bits per heavy atom. The third kappa shape index (κ3) is 3.92. The maximum absolute atomic E-state index is 13.0. The van der Waals surface area contributed by atoms with Crippen LogP contribution in [0.15, 0.2) is 55.0 Å². The molecule has 0 radical (unpaired) electrons. The predicted octanol–water partition coefficient (Wildman–Crippen LogP) is 6.04. The van der Waals surface area contributed by atoms with E-state index in [0.29, 0.717) is 5.56 Å².